The first-order valence-corrected chi connectivity index (χ1v) is 8.76. The Morgan fingerprint density at radius 1 is 1.12 bits per heavy atom. The Hall–Kier alpha value is -2.73. The quantitative estimate of drug-likeness (QED) is 0.759. The molecule has 0 bridgehead atoms. The van der Waals surface area contributed by atoms with Crippen molar-refractivity contribution in [1.82, 2.24) is 0 Å². The second kappa shape index (κ2) is 9.10. The predicted molar refractivity (Wildman–Crippen MR) is 101 cm³/mol. The fraction of sp³-hybridized carbons (Fsp3) is 0.350. The van der Waals surface area contributed by atoms with Crippen molar-refractivity contribution in [3.63, 3.8) is 0 Å². The van der Waals surface area contributed by atoms with Crippen LogP contribution in [0.1, 0.15) is 12.8 Å². The summed E-state index contributed by atoms with van der Waals surface area (Å²) in [6.45, 7) is 1.45. The van der Waals surface area contributed by atoms with Gasteiger partial charge in [-0.05, 0) is 37.1 Å². The number of carbonyl (C=O) groups is 1. The fourth-order valence-corrected chi connectivity index (χ4v) is 2.81. The highest BCUT2D eigenvalue weighted by Gasteiger charge is 2.17. The zero-order valence-corrected chi connectivity index (χ0v) is 14.9. The molecular weight excluding hydrogens is 332 g/mol. The number of para-hydroxylation sites is 4. The van der Waals surface area contributed by atoms with Crippen molar-refractivity contribution in [2.24, 2.45) is 0 Å². The summed E-state index contributed by atoms with van der Waals surface area (Å²) >= 11 is 0. The minimum atomic E-state index is -0.163. The third kappa shape index (κ3) is 4.89. The minimum Gasteiger partial charge on any atom is -0.495 e. The van der Waals surface area contributed by atoms with Crippen LogP contribution < -0.4 is 20.1 Å². The van der Waals surface area contributed by atoms with Gasteiger partial charge in [-0.3, -0.25) is 4.79 Å². The zero-order valence-electron chi connectivity index (χ0n) is 14.9. The Labute approximate surface area is 153 Å². The van der Waals surface area contributed by atoms with Gasteiger partial charge in [0.15, 0.2) is 0 Å². The van der Waals surface area contributed by atoms with Gasteiger partial charge >= 0.3 is 0 Å². The predicted octanol–water partition coefficient (Wildman–Crippen LogP) is 3.30. The molecule has 2 aromatic rings. The van der Waals surface area contributed by atoms with Gasteiger partial charge in [0.05, 0.1) is 31.1 Å². The molecule has 0 saturated carbocycles. The van der Waals surface area contributed by atoms with Gasteiger partial charge < -0.3 is 24.8 Å². The van der Waals surface area contributed by atoms with Crippen LogP contribution in [0.25, 0.3) is 0 Å². The van der Waals surface area contributed by atoms with Crippen molar-refractivity contribution in [3.05, 3.63) is 48.5 Å². The summed E-state index contributed by atoms with van der Waals surface area (Å²) in [4.78, 5) is 12.2. The lowest BCUT2D eigenvalue weighted by atomic mass is 10.2. The maximum atomic E-state index is 12.2. The molecule has 0 spiro atoms. The molecule has 6 nitrogen and oxygen atoms in total. The smallest absolute Gasteiger partial charge is 0.243 e. The lowest BCUT2D eigenvalue weighted by Gasteiger charge is -2.16. The minimum absolute atomic E-state index is 0.123. The monoisotopic (exact) mass is 356 g/mol. The number of hydrogen-bond donors (Lipinski definition) is 2. The van der Waals surface area contributed by atoms with Crippen LogP contribution in [0.5, 0.6) is 11.5 Å². The first-order chi connectivity index (χ1) is 12.8. The Morgan fingerprint density at radius 3 is 2.58 bits per heavy atom. The highest BCUT2D eigenvalue weighted by molar-refractivity contribution is 5.95. The average Bonchev–Trinajstić information content (AvgIpc) is 3.19. The summed E-state index contributed by atoms with van der Waals surface area (Å²) in [7, 11) is 1.57. The van der Waals surface area contributed by atoms with E-state index in [1.54, 1.807) is 19.2 Å². The van der Waals surface area contributed by atoms with E-state index in [2.05, 4.69) is 10.6 Å². The molecule has 138 valence electrons. The van der Waals surface area contributed by atoms with Crippen LogP contribution in [-0.2, 0) is 9.53 Å². The zero-order chi connectivity index (χ0) is 18.2. The molecule has 1 aliphatic heterocycles. The van der Waals surface area contributed by atoms with Gasteiger partial charge in [-0.25, -0.2) is 0 Å². The number of ether oxygens (including phenoxy) is 3. The lowest BCUT2D eigenvalue weighted by molar-refractivity contribution is -0.114. The van der Waals surface area contributed by atoms with Crippen molar-refractivity contribution >= 4 is 17.3 Å². The highest BCUT2D eigenvalue weighted by Crippen LogP contribution is 2.25. The maximum Gasteiger partial charge on any atom is 0.243 e. The summed E-state index contributed by atoms with van der Waals surface area (Å²) in [5.41, 5.74) is 1.42. The van der Waals surface area contributed by atoms with Crippen LogP contribution in [-0.4, -0.2) is 38.9 Å². The van der Waals surface area contributed by atoms with Crippen LogP contribution in [0.3, 0.4) is 0 Å². The normalized spacial score (nSPS) is 16.1. The Bertz CT molecular complexity index is 729. The molecule has 1 atom stereocenters. The molecule has 0 aromatic heterocycles. The van der Waals surface area contributed by atoms with Gasteiger partial charge in [-0.2, -0.15) is 0 Å². The molecule has 0 radical (unpaired) electrons. The Morgan fingerprint density at radius 2 is 1.85 bits per heavy atom. The Balaban J connectivity index is 1.54. The summed E-state index contributed by atoms with van der Waals surface area (Å²) in [6, 6.07) is 14.9. The van der Waals surface area contributed by atoms with Crippen LogP contribution in [0.2, 0.25) is 0 Å². The molecule has 6 heteroatoms. The first-order valence-electron chi connectivity index (χ1n) is 8.76. The summed E-state index contributed by atoms with van der Waals surface area (Å²) in [5, 5.41) is 5.97. The van der Waals surface area contributed by atoms with E-state index in [-0.39, 0.29) is 18.6 Å². The molecule has 1 heterocycles. The number of methoxy groups -OCH3 is 1. The summed E-state index contributed by atoms with van der Waals surface area (Å²) in [6.07, 6.45) is 2.26. The van der Waals surface area contributed by atoms with Gasteiger partial charge in [-0.1, -0.05) is 24.3 Å². The maximum absolute atomic E-state index is 12.2. The fourth-order valence-electron chi connectivity index (χ4n) is 2.81. The largest absolute Gasteiger partial charge is 0.495 e. The Kier molecular flexibility index (Phi) is 6.33. The standard InChI is InChI=1S/C20H24N2O4/c1-24-18-10-4-3-9-17(18)22-20(23)13-21-16-8-2-5-11-19(16)26-14-15-7-6-12-25-15/h2-5,8-11,15,21H,6-7,12-14H2,1H3,(H,22,23). The van der Waals surface area contributed by atoms with Crippen molar-refractivity contribution in [2.45, 2.75) is 18.9 Å². The van der Waals surface area contributed by atoms with Crippen molar-refractivity contribution in [2.75, 3.05) is 37.5 Å². The van der Waals surface area contributed by atoms with Crippen molar-refractivity contribution < 1.29 is 19.0 Å². The first kappa shape index (κ1) is 18.1. The van der Waals surface area contributed by atoms with E-state index >= 15 is 0 Å². The molecule has 1 fully saturated rings. The molecular formula is C20H24N2O4. The number of rotatable bonds is 8. The number of benzene rings is 2. The van der Waals surface area contributed by atoms with E-state index in [1.807, 2.05) is 36.4 Å². The van der Waals surface area contributed by atoms with Gasteiger partial charge in [-0.15, -0.1) is 0 Å². The van der Waals surface area contributed by atoms with Crippen LogP contribution in [0.15, 0.2) is 48.5 Å². The second-order valence-electron chi connectivity index (χ2n) is 6.04. The van der Waals surface area contributed by atoms with E-state index in [0.717, 1.165) is 25.1 Å². The highest BCUT2D eigenvalue weighted by atomic mass is 16.5. The number of hydrogen-bond acceptors (Lipinski definition) is 5. The van der Waals surface area contributed by atoms with Crippen LogP contribution >= 0.6 is 0 Å². The van der Waals surface area contributed by atoms with Gasteiger partial charge in [0.1, 0.15) is 18.1 Å². The number of anilines is 2. The molecule has 26 heavy (non-hydrogen) atoms. The summed E-state index contributed by atoms with van der Waals surface area (Å²) in [5.74, 6) is 1.18. The molecule has 2 N–H and O–H groups in total. The van der Waals surface area contributed by atoms with E-state index in [1.165, 1.54) is 0 Å². The van der Waals surface area contributed by atoms with Gasteiger partial charge in [0, 0.05) is 6.61 Å². The van der Waals surface area contributed by atoms with Crippen LogP contribution in [0.4, 0.5) is 11.4 Å². The molecule has 1 amide bonds. The van der Waals surface area contributed by atoms with Gasteiger partial charge in [0.25, 0.3) is 0 Å². The van der Waals surface area contributed by atoms with Crippen molar-refractivity contribution in [1.29, 1.82) is 0 Å². The topological polar surface area (TPSA) is 68.8 Å². The average molecular weight is 356 g/mol. The molecule has 2 aromatic carbocycles. The number of carbonyl (C=O) groups excluding carboxylic acids is 1. The van der Waals surface area contributed by atoms with E-state index in [4.69, 9.17) is 14.2 Å². The number of amides is 1. The number of nitrogens with one attached hydrogen (secondary N) is 2. The third-order valence-electron chi connectivity index (χ3n) is 4.16. The molecule has 3 rings (SSSR count). The van der Waals surface area contributed by atoms with Crippen LogP contribution in [0, 0.1) is 0 Å². The van der Waals surface area contributed by atoms with E-state index < -0.39 is 0 Å². The molecule has 1 aliphatic rings. The second-order valence-corrected chi connectivity index (χ2v) is 6.04. The van der Waals surface area contributed by atoms with E-state index in [0.29, 0.717) is 23.8 Å². The summed E-state index contributed by atoms with van der Waals surface area (Å²) < 4.78 is 16.7. The third-order valence-corrected chi connectivity index (χ3v) is 4.16. The SMILES string of the molecule is COc1ccccc1NC(=O)CNc1ccccc1OCC1CCCO1. The molecule has 1 unspecified atom stereocenters. The molecule has 1 saturated heterocycles. The molecule has 0 aliphatic carbocycles. The lowest BCUT2D eigenvalue weighted by Crippen LogP contribution is -2.22. The van der Waals surface area contributed by atoms with Gasteiger partial charge in [0.2, 0.25) is 5.91 Å². The van der Waals surface area contributed by atoms with Crippen molar-refractivity contribution in [3.8, 4) is 11.5 Å². The van der Waals surface area contributed by atoms with E-state index in [9.17, 15) is 4.79 Å².